The summed E-state index contributed by atoms with van der Waals surface area (Å²) < 4.78 is 13.6. The minimum absolute atomic E-state index is 0.0238. The van der Waals surface area contributed by atoms with Crippen molar-refractivity contribution < 1.29 is 19.1 Å². The van der Waals surface area contributed by atoms with Crippen LogP contribution in [0.25, 0.3) is 0 Å². The maximum atomic E-state index is 13.6. The smallest absolute Gasteiger partial charge is 0.254 e. The van der Waals surface area contributed by atoms with Crippen molar-refractivity contribution in [2.75, 3.05) is 19.7 Å². The minimum atomic E-state index is -0.496. The Kier molecular flexibility index (Phi) is 4.62. The molecular weight excluding hydrogens is 383 g/mol. The zero-order valence-electron chi connectivity index (χ0n) is 16.7. The summed E-state index contributed by atoms with van der Waals surface area (Å²) in [5.41, 5.74) is 0.896. The Morgan fingerprint density at radius 3 is 2.40 bits per heavy atom. The fraction of sp³-hybridized carbons (Fsp3) is 0.417. The van der Waals surface area contributed by atoms with E-state index in [1.54, 1.807) is 11.0 Å². The molecule has 5 nitrogen and oxygen atoms in total. The van der Waals surface area contributed by atoms with E-state index in [0.717, 1.165) is 24.8 Å². The Bertz CT molecular complexity index is 969. The molecule has 3 fully saturated rings. The van der Waals surface area contributed by atoms with Crippen LogP contribution < -0.4 is 0 Å². The number of nitrogens with zero attached hydrogens (tertiary/aromatic N) is 2. The van der Waals surface area contributed by atoms with E-state index >= 15 is 0 Å². The van der Waals surface area contributed by atoms with Crippen LogP contribution in [-0.4, -0.2) is 58.0 Å². The highest BCUT2D eigenvalue weighted by Crippen LogP contribution is 2.55. The first kappa shape index (κ1) is 19.2. The molecule has 0 radical (unpaired) electrons. The van der Waals surface area contributed by atoms with Gasteiger partial charge in [0.15, 0.2) is 0 Å². The number of benzene rings is 2. The summed E-state index contributed by atoms with van der Waals surface area (Å²) in [5.74, 6) is -0.560. The molecule has 2 saturated heterocycles. The molecule has 2 aromatic carbocycles. The molecule has 6 heteroatoms. The number of halogens is 1. The van der Waals surface area contributed by atoms with Crippen molar-refractivity contribution in [3.05, 3.63) is 71.5 Å². The Hall–Kier alpha value is -2.73. The van der Waals surface area contributed by atoms with Gasteiger partial charge < -0.3 is 14.9 Å². The largest absolute Gasteiger partial charge is 0.394 e. The van der Waals surface area contributed by atoms with E-state index < -0.39 is 11.4 Å². The first-order valence-corrected chi connectivity index (χ1v) is 10.6. The van der Waals surface area contributed by atoms with Gasteiger partial charge in [-0.3, -0.25) is 9.59 Å². The molecule has 3 aliphatic rings. The molecule has 2 atom stereocenters. The van der Waals surface area contributed by atoms with Crippen LogP contribution in [-0.2, 0) is 4.79 Å². The molecule has 1 N–H and O–H groups in total. The van der Waals surface area contributed by atoms with Gasteiger partial charge in [0.2, 0.25) is 5.91 Å². The SMILES string of the molecule is O=C(c1cccc(F)c1)N1CC2(C1)[C@@H](c1ccccc1)[C@@H](CO)N2C(=O)C1CCC1. The molecule has 5 rings (SSSR count). The van der Waals surface area contributed by atoms with Crippen LogP contribution in [0.3, 0.4) is 0 Å². The summed E-state index contributed by atoms with van der Waals surface area (Å²) in [4.78, 5) is 29.6. The molecule has 0 aromatic heterocycles. The molecule has 2 aliphatic heterocycles. The van der Waals surface area contributed by atoms with Gasteiger partial charge in [0.05, 0.1) is 18.2 Å². The van der Waals surface area contributed by atoms with Crippen molar-refractivity contribution in [2.24, 2.45) is 5.92 Å². The maximum absolute atomic E-state index is 13.6. The first-order chi connectivity index (χ1) is 14.5. The van der Waals surface area contributed by atoms with Gasteiger partial charge in [0.1, 0.15) is 5.82 Å². The summed E-state index contributed by atoms with van der Waals surface area (Å²) in [5, 5.41) is 10.1. The second-order valence-corrected chi connectivity index (χ2v) is 8.75. The maximum Gasteiger partial charge on any atom is 0.254 e. The van der Waals surface area contributed by atoms with Crippen LogP contribution in [0.4, 0.5) is 4.39 Å². The van der Waals surface area contributed by atoms with Gasteiger partial charge in [-0.2, -0.15) is 0 Å². The second-order valence-electron chi connectivity index (χ2n) is 8.75. The van der Waals surface area contributed by atoms with Gasteiger partial charge >= 0.3 is 0 Å². The number of aliphatic hydroxyl groups is 1. The van der Waals surface area contributed by atoms with E-state index in [-0.39, 0.29) is 36.3 Å². The third kappa shape index (κ3) is 2.77. The normalized spacial score (nSPS) is 24.7. The zero-order valence-corrected chi connectivity index (χ0v) is 16.7. The number of hydrogen-bond donors (Lipinski definition) is 1. The topological polar surface area (TPSA) is 60.9 Å². The van der Waals surface area contributed by atoms with Crippen molar-refractivity contribution in [1.29, 1.82) is 0 Å². The first-order valence-electron chi connectivity index (χ1n) is 10.6. The Morgan fingerprint density at radius 1 is 1.07 bits per heavy atom. The van der Waals surface area contributed by atoms with Crippen LogP contribution >= 0.6 is 0 Å². The number of rotatable bonds is 4. The zero-order chi connectivity index (χ0) is 20.9. The predicted molar refractivity (Wildman–Crippen MR) is 109 cm³/mol. The van der Waals surface area contributed by atoms with Crippen LogP contribution in [0.2, 0.25) is 0 Å². The van der Waals surface area contributed by atoms with Crippen LogP contribution in [0, 0.1) is 11.7 Å². The number of hydrogen-bond acceptors (Lipinski definition) is 3. The van der Waals surface area contributed by atoms with Gasteiger partial charge in [0, 0.05) is 30.5 Å². The van der Waals surface area contributed by atoms with E-state index in [1.807, 2.05) is 35.2 Å². The number of aliphatic hydroxyl groups excluding tert-OH is 1. The van der Waals surface area contributed by atoms with E-state index in [4.69, 9.17) is 0 Å². The number of likely N-dealkylation sites (tertiary alicyclic amines) is 2. The fourth-order valence-corrected chi connectivity index (χ4v) is 5.43. The molecule has 1 aliphatic carbocycles. The Labute approximate surface area is 175 Å². The van der Waals surface area contributed by atoms with Crippen LogP contribution in [0.5, 0.6) is 0 Å². The molecule has 0 unspecified atom stereocenters. The summed E-state index contributed by atoms with van der Waals surface area (Å²) in [6.07, 6.45) is 2.85. The quantitative estimate of drug-likeness (QED) is 0.846. The minimum Gasteiger partial charge on any atom is -0.394 e. The van der Waals surface area contributed by atoms with Crippen LogP contribution in [0.15, 0.2) is 54.6 Å². The summed E-state index contributed by atoms with van der Waals surface area (Å²) in [7, 11) is 0. The van der Waals surface area contributed by atoms with Crippen molar-refractivity contribution in [1.82, 2.24) is 9.80 Å². The van der Waals surface area contributed by atoms with Gasteiger partial charge in [0.25, 0.3) is 5.91 Å². The number of carbonyl (C=O) groups is 2. The molecule has 2 aromatic rings. The third-order valence-corrected chi connectivity index (χ3v) is 7.10. The lowest BCUT2D eigenvalue weighted by molar-refractivity contribution is -0.199. The number of amides is 2. The van der Waals surface area contributed by atoms with E-state index in [9.17, 15) is 19.1 Å². The standard InChI is InChI=1S/C24H25FN2O3/c25-19-11-5-10-18(12-19)22(29)26-14-24(15-26)21(16-6-2-1-3-7-16)20(13-28)27(24)23(30)17-8-4-9-17/h1-3,5-7,10-12,17,20-21,28H,4,8-9,13-15H2/t20-,21+/m1/s1. The second kappa shape index (κ2) is 7.20. The lowest BCUT2D eigenvalue weighted by atomic mass is 9.59. The third-order valence-electron chi connectivity index (χ3n) is 7.10. The Morgan fingerprint density at radius 2 is 1.80 bits per heavy atom. The molecule has 1 saturated carbocycles. The summed E-state index contributed by atoms with van der Waals surface area (Å²) >= 11 is 0. The van der Waals surface area contributed by atoms with Crippen molar-refractivity contribution in [3.63, 3.8) is 0 Å². The fourth-order valence-electron chi connectivity index (χ4n) is 5.43. The predicted octanol–water partition coefficient (Wildman–Crippen LogP) is 2.81. The highest BCUT2D eigenvalue weighted by Gasteiger charge is 2.68. The van der Waals surface area contributed by atoms with Crippen molar-refractivity contribution in [3.8, 4) is 0 Å². The van der Waals surface area contributed by atoms with Gasteiger partial charge in [-0.05, 0) is 36.6 Å². The molecule has 2 amide bonds. The monoisotopic (exact) mass is 408 g/mol. The van der Waals surface area contributed by atoms with E-state index in [1.165, 1.54) is 18.2 Å². The van der Waals surface area contributed by atoms with Gasteiger partial charge in [-0.15, -0.1) is 0 Å². The Balaban J connectivity index is 1.43. The molecular formula is C24H25FN2O3. The number of carbonyl (C=O) groups excluding carboxylic acids is 2. The van der Waals surface area contributed by atoms with Crippen molar-refractivity contribution in [2.45, 2.75) is 36.8 Å². The molecule has 2 heterocycles. The van der Waals surface area contributed by atoms with Gasteiger partial charge in [-0.1, -0.05) is 42.8 Å². The highest BCUT2D eigenvalue weighted by molar-refractivity contribution is 5.95. The summed E-state index contributed by atoms with van der Waals surface area (Å²) in [6, 6.07) is 15.3. The molecule has 156 valence electrons. The van der Waals surface area contributed by atoms with Gasteiger partial charge in [-0.25, -0.2) is 4.39 Å². The van der Waals surface area contributed by atoms with Crippen molar-refractivity contribution >= 4 is 11.8 Å². The average Bonchev–Trinajstić information content (AvgIpc) is 2.65. The lowest BCUT2D eigenvalue weighted by Gasteiger charge is -2.71. The molecule has 30 heavy (non-hydrogen) atoms. The average molecular weight is 408 g/mol. The molecule has 1 spiro atoms. The molecule has 0 bridgehead atoms. The summed E-state index contributed by atoms with van der Waals surface area (Å²) in [6.45, 7) is 0.700. The van der Waals surface area contributed by atoms with Crippen LogP contribution in [0.1, 0.15) is 41.1 Å². The van der Waals surface area contributed by atoms with E-state index in [2.05, 4.69) is 0 Å². The highest BCUT2D eigenvalue weighted by atomic mass is 19.1. The lowest BCUT2D eigenvalue weighted by Crippen LogP contribution is -2.86. The van der Waals surface area contributed by atoms with E-state index in [0.29, 0.717) is 18.7 Å².